The molecule has 7 heteroatoms. The van der Waals surface area contributed by atoms with Gasteiger partial charge < -0.3 is 9.73 Å². The zero-order chi connectivity index (χ0) is 15.2. The summed E-state index contributed by atoms with van der Waals surface area (Å²) in [7, 11) is -3.51. The standard InChI is InChI=1S/C13H24N2O3S2/c1-5-6-14-8-12-7-13(11(3)18-12)20(16,17)15-10(2)9-19-4/h7,10,14-15H,5-6,8-9H2,1-4H3. The molecule has 0 aliphatic rings. The Bertz CT molecular complexity index is 512. The highest BCUT2D eigenvalue weighted by Crippen LogP contribution is 2.20. The van der Waals surface area contributed by atoms with Crippen LogP contribution < -0.4 is 10.0 Å². The molecule has 0 amide bonds. The van der Waals surface area contributed by atoms with Crippen LogP contribution in [0.25, 0.3) is 0 Å². The van der Waals surface area contributed by atoms with E-state index in [4.69, 9.17) is 4.42 Å². The quantitative estimate of drug-likeness (QED) is 0.682. The van der Waals surface area contributed by atoms with Gasteiger partial charge in [-0.25, -0.2) is 13.1 Å². The summed E-state index contributed by atoms with van der Waals surface area (Å²) in [5.41, 5.74) is 0. The van der Waals surface area contributed by atoms with Crippen molar-refractivity contribution in [1.29, 1.82) is 0 Å². The first-order chi connectivity index (χ1) is 9.40. The number of hydrogen-bond acceptors (Lipinski definition) is 5. The fraction of sp³-hybridized carbons (Fsp3) is 0.692. The molecule has 0 aliphatic carbocycles. The molecule has 0 saturated heterocycles. The molecule has 116 valence electrons. The van der Waals surface area contributed by atoms with Gasteiger partial charge in [0.05, 0.1) is 6.54 Å². The van der Waals surface area contributed by atoms with Crippen LogP contribution in [0.3, 0.4) is 0 Å². The molecule has 1 heterocycles. The number of aryl methyl sites for hydroxylation is 1. The molecule has 5 nitrogen and oxygen atoms in total. The Morgan fingerprint density at radius 2 is 2.15 bits per heavy atom. The highest BCUT2D eigenvalue weighted by molar-refractivity contribution is 7.98. The molecule has 1 rings (SSSR count). The molecule has 0 fully saturated rings. The van der Waals surface area contributed by atoms with Crippen LogP contribution >= 0.6 is 11.8 Å². The van der Waals surface area contributed by atoms with Crippen molar-refractivity contribution in [2.24, 2.45) is 0 Å². The SMILES string of the molecule is CCCNCc1cc(S(=O)(=O)NC(C)CSC)c(C)o1. The molecule has 0 spiro atoms. The molecule has 2 N–H and O–H groups in total. The minimum atomic E-state index is -3.51. The van der Waals surface area contributed by atoms with E-state index >= 15 is 0 Å². The second-order valence-electron chi connectivity index (χ2n) is 4.79. The molecular formula is C13H24N2O3S2. The molecule has 1 atom stereocenters. The summed E-state index contributed by atoms with van der Waals surface area (Å²) >= 11 is 1.61. The molecule has 1 aromatic heterocycles. The fourth-order valence-electron chi connectivity index (χ4n) is 1.88. The average Bonchev–Trinajstić information content (AvgIpc) is 2.71. The minimum Gasteiger partial charge on any atom is -0.464 e. The van der Waals surface area contributed by atoms with Crippen molar-refractivity contribution in [3.05, 3.63) is 17.6 Å². The lowest BCUT2D eigenvalue weighted by atomic mass is 10.4. The van der Waals surface area contributed by atoms with Crippen molar-refractivity contribution in [3.63, 3.8) is 0 Å². The Balaban J connectivity index is 2.79. The summed E-state index contributed by atoms with van der Waals surface area (Å²) < 4.78 is 32.7. The van der Waals surface area contributed by atoms with Gasteiger partial charge >= 0.3 is 0 Å². The van der Waals surface area contributed by atoms with Crippen LogP contribution in [0.2, 0.25) is 0 Å². The van der Waals surface area contributed by atoms with Crippen LogP contribution in [0, 0.1) is 6.92 Å². The van der Waals surface area contributed by atoms with Crippen LogP contribution in [0.1, 0.15) is 31.8 Å². The van der Waals surface area contributed by atoms with E-state index in [1.165, 1.54) is 0 Å². The van der Waals surface area contributed by atoms with Gasteiger partial charge in [0.1, 0.15) is 16.4 Å². The zero-order valence-electron chi connectivity index (χ0n) is 12.5. The van der Waals surface area contributed by atoms with E-state index < -0.39 is 10.0 Å². The molecule has 20 heavy (non-hydrogen) atoms. The first-order valence-corrected chi connectivity index (χ1v) is 9.59. The first kappa shape index (κ1) is 17.6. The highest BCUT2D eigenvalue weighted by Gasteiger charge is 2.23. The third kappa shape index (κ3) is 5.12. The van der Waals surface area contributed by atoms with Crippen LogP contribution in [0.4, 0.5) is 0 Å². The van der Waals surface area contributed by atoms with Crippen molar-refractivity contribution in [2.75, 3.05) is 18.6 Å². The molecule has 0 bridgehead atoms. The van der Waals surface area contributed by atoms with Crippen molar-refractivity contribution < 1.29 is 12.8 Å². The van der Waals surface area contributed by atoms with E-state index in [1.54, 1.807) is 24.8 Å². The van der Waals surface area contributed by atoms with E-state index in [-0.39, 0.29) is 10.9 Å². The second kappa shape index (κ2) is 8.07. The summed E-state index contributed by atoms with van der Waals surface area (Å²) in [6.45, 7) is 7.03. The van der Waals surface area contributed by atoms with Gasteiger partial charge in [0.15, 0.2) is 0 Å². The first-order valence-electron chi connectivity index (χ1n) is 6.72. The summed E-state index contributed by atoms with van der Waals surface area (Å²) in [6.07, 6.45) is 2.98. The van der Waals surface area contributed by atoms with Crippen molar-refractivity contribution in [2.45, 2.75) is 44.7 Å². The molecule has 1 aromatic rings. The van der Waals surface area contributed by atoms with Gasteiger partial charge in [-0.2, -0.15) is 11.8 Å². The number of sulfonamides is 1. The minimum absolute atomic E-state index is 0.106. The van der Waals surface area contributed by atoms with Gasteiger partial charge in [0.2, 0.25) is 10.0 Å². The van der Waals surface area contributed by atoms with E-state index in [0.717, 1.165) is 18.7 Å². The summed E-state index contributed by atoms with van der Waals surface area (Å²) in [5.74, 6) is 1.82. The number of furan rings is 1. The zero-order valence-corrected chi connectivity index (χ0v) is 14.2. The maximum atomic E-state index is 12.3. The third-order valence-corrected chi connectivity index (χ3v) is 5.24. The number of nitrogens with one attached hydrogen (secondary N) is 2. The summed E-state index contributed by atoms with van der Waals surface area (Å²) in [6, 6.07) is 1.50. The Morgan fingerprint density at radius 3 is 2.75 bits per heavy atom. The van der Waals surface area contributed by atoms with Crippen molar-refractivity contribution >= 4 is 21.8 Å². The lowest BCUT2D eigenvalue weighted by molar-refractivity contribution is 0.457. The normalized spacial score (nSPS) is 13.6. The van der Waals surface area contributed by atoms with Crippen molar-refractivity contribution in [3.8, 4) is 0 Å². The molecule has 0 saturated carbocycles. The van der Waals surface area contributed by atoms with E-state index in [0.29, 0.717) is 18.1 Å². The van der Waals surface area contributed by atoms with Gasteiger partial charge in [0, 0.05) is 17.9 Å². The monoisotopic (exact) mass is 320 g/mol. The molecule has 0 aromatic carbocycles. The van der Waals surface area contributed by atoms with Crippen molar-refractivity contribution in [1.82, 2.24) is 10.0 Å². The lowest BCUT2D eigenvalue weighted by Gasteiger charge is -2.12. The van der Waals surface area contributed by atoms with Gasteiger partial charge in [-0.1, -0.05) is 6.92 Å². The van der Waals surface area contributed by atoms with E-state index in [1.807, 2.05) is 13.2 Å². The molecular weight excluding hydrogens is 296 g/mol. The highest BCUT2D eigenvalue weighted by atomic mass is 32.2. The number of thioether (sulfide) groups is 1. The van der Waals surface area contributed by atoms with Gasteiger partial charge in [-0.05, 0) is 33.1 Å². The third-order valence-electron chi connectivity index (χ3n) is 2.71. The number of rotatable bonds is 9. The Morgan fingerprint density at radius 1 is 1.45 bits per heavy atom. The largest absolute Gasteiger partial charge is 0.464 e. The van der Waals surface area contributed by atoms with Gasteiger partial charge in [-0.3, -0.25) is 0 Å². The molecule has 0 radical (unpaired) electrons. The van der Waals surface area contributed by atoms with Crippen LogP contribution in [0.5, 0.6) is 0 Å². The van der Waals surface area contributed by atoms with Crippen LogP contribution in [-0.2, 0) is 16.6 Å². The predicted molar refractivity (Wildman–Crippen MR) is 83.6 cm³/mol. The van der Waals surface area contributed by atoms with Crippen LogP contribution in [0.15, 0.2) is 15.4 Å². The maximum absolute atomic E-state index is 12.3. The predicted octanol–water partition coefficient (Wildman–Crippen LogP) is 2.12. The topological polar surface area (TPSA) is 71.3 Å². The van der Waals surface area contributed by atoms with Crippen LogP contribution in [-0.4, -0.2) is 33.0 Å². The lowest BCUT2D eigenvalue weighted by Crippen LogP contribution is -2.34. The Labute approximate surface area is 125 Å². The van der Waals surface area contributed by atoms with Gasteiger partial charge in [0.25, 0.3) is 0 Å². The molecule has 0 aliphatic heterocycles. The van der Waals surface area contributed by atoms with E-state index in [9.17, 15) is 8.42 Å². The number of hydrogen-bond donors (Lipinski definition) is 2. The Kier molecular flexibility index (Phi) is 7.08. The Hall–Kier alpha value is -0.500. The fourth-order valence-corrected chi connectivity index (χ4v) is 4.01. The maximum Gasteiger partial charge on any atom is 0.244 e. The average molecular weight is 320 g/mol. The van der Waals surface area contributed by atoms with Gasteiger partial charge in [-0.15, -0.1) is 0 Å². The second-order valence-corrected chi connectivity index (χ2v) is 7.38. The van der Waals surface area contributed by atoms with E-state index in [2.05, 4.69) is 17.0 Å². The summed E-state index contributed by atoms with van der Waals surface area (Å²) in [5, 5.41) is 3.19. The smallest absolute Gasteiger partial charge is 0.244 e. The summed E-state index contributed by atoms with van der Waals surface area (Å²) in [4.78, 5) is 0.235. The molecule has 1 unspecified atom stereocenters.